The van der Waals surface area contributed by atoms with Crippen molar-refractivity contribution in [2.24, 2.45) is 0 Å². The molecule has 1 heterocycles. The third-order valence-corrected chi connectivity index (χ3v) is 4.78. The lowest BCUT2D eigenvalue weighted by Gasteiger charge is -2.17. The van der Waals surface area contributed by atoms with Crippen molar-refractivity contribution < 1.29 is 0 Å². The van der Waals surface area contributed by atoms with E-state index < -0.39 is 0 Å². The fourth-order valence-electron chi connectivity index (χ4n) is 2.27. The maximum Gasteiger partial charge on any atom is 0.115 e. The highest BCUT2D eigenvalue weighted by molar-refractivity contribution is 7.11. The zero-order valence-corrected chi connectivity index (χ0v) is 12.6. The number of hydrogen-bond donors (Lipinski definition) is 1. The van der Waals surface area contributed by atoms with E-state index in [1.54, 1.807) is 0 Å². The minimum absolute atomic E-state index is 0.254. The number of thiazole rings is 1. The number of rotatable bonds is 4. The van der Waals surface area contributed by atoms with Crippen LogP contribution in [0.1, 0.15) is 45.6 Å². The molecule has 1 unspecified atom stereocenters. The van der Waals surface area contributed by atoms with Crippen LogP contribution in [-0.4, -0.2) is 11.0 Å². The summed E-state index contributed by atoms with van der Waals surface area (Å²) in [4.78, 5) is 6.08. The second-order valence-electron chi connectivity index (χ2n) is 5.48. The SMILES string of the molecule is Cc1cccc(C(NC2CC2)c2nc(C)c(C)s2)c1. The normalized spacial score (nSPS) is 16.6. The van der Waals surface area contributed by atoms with Gasteiger partial charge in [-0.05, 0) is 39.2 Å². The molecule has 19 heavy (non-hydrogen) atoms. The molecule has 1 saturated carbocycles. The molecule has 1 fully saturated rings. The van der Waals surface area contributed by atoms with Crippen LogP contribution in [0.3, 0.4) is 0 Å². The second-order valence-corrected chi connectivity index (χ2v) is 6.72. The molecule has 3 rings (SSSR count). The Morgan fingerprint density at radius 2 is 2.05 bits per heavy atom. The summed E-state index contributed by atoms with van der Waals surface area (Å²) in [5, 5.41) is 4.94. The van der Waals surface area contributed by atoms with Gasteiger partial charge in [-0.25, -0.2) is 4.98 Å². The molecule has 3 heteroatoms. The Kier molecular flexibility index (Phi) is 3.42. The maximum atomic E-state index is 4.75. The summed E-state index contributed by atoms with van der Waals surface area (Å²) in [5.74, 6) is 0. The van der Waals surface area contributed by atoms with Gasteiger partial charge in [-0.15, -0.1) is 11.3 Å². The van der Waals surface area contributed by atoms with Gasteiger partial charge in [0.15, 0.2) is 0 Å². The largest absolute Gasteiger partial charge is 0.301 e. The first-order valence-electron chi connectivity index (χ1n) is 6.90. The molecular weight excluding hydrogens is 252 g/mol. The van der Waals surface area contributed by atoms with Crippen molar-refractivity contribution in [3.05, 3.63) is 51.0 Å². The lowest BCUT2D eigenvalue weighted by molar-refractivity contribution is 0.597. The molecule has 1 aliphatic rings. The Balaban J connectivity index is 1.96. The first-order chi connectivity index (χ1) is 9.13. The predicted molar refractivity (Wildman–Crippen MR) is 80.8 cm³/mol. The standard InChI is InChI=1S/C16H20N2S/c1-10-5-4-6-13(9-10)15(18-14-7-8-14)16-17-11(2)12(3)19-16/h4-6,9,14-15,18H,7-8H2,1-3H3. The van der Waals surface area contributed by atoms with Crippen LogP contribution in [-0.2, 0) is 0 Å². The van der Waals surface area contributed by atoms with Crippen LogP contribution in [0.5, 0.6) is 0 Å². The monoisotopic (exact) mass is 272 g/mol. The van der Waals surface area contributed by atoms with Gasteiger partial charge in [-0.2, -0.15) is 0 Å². The Hall–Kier alpha value is -1.19. The number of hydrogen-bond acceptors (Lipinski definition) is 3. The average Bonchev–Trinajstić information content (AvgIpc) is 3.13. The van der Waals surface area contributed by atoms with E-state index in [-0.39, 0.29) is 6.04 Å². The van der Waals surface area contributed by atoms with E-state index in [0.717, 1.165) is 5.69 Å². The van der Waals surface area contributed by atoms with Crippen LogP contribution in [0, 0.1) is 20.8 Å². The van der Waals surface area contributed by atoms with E-state index in [9.17, 15) is 0 Å². The lowest BCUT2D eigenvalue weighted by atomic mass is 10.0. The number of nitrogens with zero attached hydrogens (tertiary/aromatic N) is 1. The van der Waals surface area contributed by atoms with Crippen LogP contribution in [0.25, 0.3) is 0 Å². The molecule has 0 spiro atoms. The summed E-state index contributed by atoms with van der Waals surface area (Å²) in [6.07, 6.45) is 2.59. The van der Waals surface area contributed by atoms with Gasteiger partial charge >= 0.3 is 0 Å². The minimum Gasteiger partial charge on any atom is -0.301 e. The molecule has 1 aromatic carbocycles. The highest BCUT2D eigenvalue weighted by Crippen LogP contribution is 2.32. The van der Waals surface area contributed by atoms with Gasteiger partial charge in [-0.3, -0.25) is 0 Å². The van der Waals surface area contributed by atoms with Crippen LogP contribution in [0.2, 0.25) is 0 Å². The van der Waals surface area contributed by atoms with Gasteiger partial charge < -0.3 is 5.32 Å². The van der Waals surface area contributed by atoms with Gasteiger partial charge in [0.05, 0.1) is 11.7 Å². The molecule has 1 aliphatic carbocycles. The zero-order valence-electron chi connectivity index (χ0n) is 11.7. The van der Waals surface area contributed by atoms with Crippen LogP contribution < -0.4 is 5.32 Å². The van der Waals surface area contributed by atoms with Crippen LogP contribution >= 0.6 is 11.3 Å². The molecule has 0 radical (unpaired) electrons. The fraction of sp³-hybridized carbons (Fsp3) is 0.438. The molecule has 0 aliphatic heterocycles. The highest BCUT2D eigenvalue weighted by atomic mass is 32.1. The third kappa shape index (κ3) is 2.88. The Labute approximate surface area is 118 Å². The quantitative estimate of drug-likeness (QED) is 0.912. The van der Waals surface area contributed by atoms with E-state index in [4.69, 9.17) is 4.98 Å². The lowest BCUT2D eigenvalue weighted by Crippen LogP contribution is -2.24. The third-order valence-electron chi connectivity index (χ3n) is 3.65. The van der Waals surface area contributed by atoms with Crippen molar-refractivity contribution in [1.82, 2.24) is 10.3 Å². The van der Waals surface area contributed by atoms with E-state index in [1.807, 2.05) is 11.3 Å². The molecular formula is C16H20N2S. The zero-order chi connectivity index (χ0) is 13.4. The minimum atomic E-state index is 0.254. The molecule has 2 aromatic rings. The summed E-state index contributed by atoms with van der Waals surface area (Å²) >= 11 is 1.82. The highest BCUT2D eigenvalue weighted by Gasteiger charge is 2.28. The topological polar surface area (TPSA) is 24.9 Å². The van der Waals surface area contributed by atoms with E-state index >= 15 is 0 Å². The summed E-state index contributed by atoms with van der Waals surface area (Å²) < 4.78 is 0. The average molecular weight is 272 g/mol. The Bertz CT molecular complexity index is 565. The second kappa shape index (κ2) is 5.06. The van der Waals surface area contributed by atoms with Gasteiger partial charge in [0.25, 0.3) is 0 Å². The van der Waals surface area contributed by atoms with Gasteiger partial charge in [0, 0.05) is 10.9 Å². The molecule has 1 N–H and O–H groups in total. The molecule has 0 amide bonds. The maximum absolute atomic E-state index is 4.75. The van der Waals surface area contributed by atoms with Crippen molar-refractivity contribution in [3.8, 4) is 0 Å². The summed E-state index contributed by atoms with van der Waals surface area (Å²) in [7, 11) is 0. The first-order valence-corrected chi connectivity index (χ1v) is 7.71. The molecule has 2 nitrogen and oxygen atoms in total. The molecule has 100 valence electrons. The van der Waals surface area contributed by atoms with Gasteiger partial charge in [-0.1, -0.05) is 29.8 Å². The van der Waals surface area contributed by atoms with Crippen molar-refractivity contribution in [1.29, 1.82) is 0 Å². The number of benzene rings is 1. The summed E-state index contributed by atoms with van der Waals surface area (Å²) in [6.45, 7) is 6.40. The van der Waals surface area contributed by atoms with Crippen molar-refractivity contribution in [2.45, 2.75) is 45.7 Å². The van der Waals surface area contributed by atoms with Crippen LogP contribution in [0.15, 0.2) is 24.3 Å². The molecule has 1 aromatic heterocycles. The van der Waals surface area contributed by atoms with Gasteiger partial charge in [0.2, 0.25) is 0 Å². The summed E-state index contributed by atoms with van der Waals surface area (Å²) in [6, 6.07) is 9.70. The fourth-order valence-corrected chi connectivity index (χ4v) is 3.28. The van der Waals surface area contributed by atoms with E-state index in [1.165, 1.54) is 33.9 Å². The van der Waals surface area contributed by atoms with Crippen molar-refractivity contribution in [3.63, 3.8) is 0 Å². The van der Waals surface area contributed by atoms with E-state index in [0.29, 0.717) is 6.04 Å². The molecule has 1 atom stereocenters. The van der Waals surface area contributed by atoms with Crippen LogP contribution in [0.4, 0.5) is 0 Å². The number of aromatic nitrogens is 1. The van der Waals surface area contributed by atoms with Crippen molar-refractivity contribution in [2.75, 3.05) is 0 Å². The van der Waals surface area contributed by atoms with Crippen molar-refractivity contribution >= 4 is 11.3 Å². The Morgan fingerprint density at radius 1 is 1.26 bits per heavy atom. The molecule has 0 bridgehead atoms. The van der Waals surface area contributed by atoms with E-state index in [2.05, 4.69) is 50.4 Å². The smallest absolute Gasteiger partial charge is 0.115 e. The van der Waals surface area contributed by atoms with Gasteiger partial charge in [0.1, 0.15) is 5.01 Å². The number of nitrogens with one attached hydrogen (secondary N) is 1. The summed E-state index contributed by atoms with van der Waals surface area (Å²) in [5.41, 5.74) is 3.81. The Morgan fingerprint density at radius 3 is 2.63 bits per heavy atom. The first kappa shape index (κ1) is 12.8. The number of aryl methyl sites for hydroxylation is 3. The molecule has 0 saturated heterocycles. The predicted octanol–water partition coefficient (Wildman–Crippen LogP) is 3.91.